The van der Waals surface area contributed by atoms with Gasteiger partial charge in [-0.1, -0.05) is 0 Å². The minimum absolute atomic E-state index is 0.0582. The fourth-order valence-electron chi connectivity index (χ4n) is 3.27. The first-order valence-corrected chi connectivity index (χ1v) is 9.37. The summed E-state index contributed by atoms with van der Waals surface area (Å²) in [5.41, 5.74) is 14.4. The molecule has 6 heteroatoms. The number of nitrogens with two attached hydrogens (primary N) is 2. The molecule has 1 fully saturated rings. The molecule has 0 aliphatic carbocycles. The Balaban J connectivity index is 2.11. The van der Waals surface area contributed by atoms with Crippen LogP contribution in [-0.2, 0) is 11.3 Å². The first kappa shape index (κ1) is 20.4. The molecule has 4 N–H and O–H groups in total. The summed E-state index contributed by atoms with van der Waals surface area (Å²) in [6.07, 6.45) is 1.56. The van der Waals surface area contributed by atoms with Crippen molar-refractivity contribution in [1.82, 2.24) is 4.90 Å². The van der Waals surface area contributed by atoms with Crippen LogP contribution in [0.4, 0.5) is 10.5 Å². The third-order valence-electron chi connectivity index (χ3n) is 4.44. The Morgan fingerprint density at radius 3 is 2.38 bits per heavy atom. The van der Waals surface area contributed by atoms with Gasteiger partial charge in [0.2, 0.25) is 0 Å². The summed E-state index contributed by atoms with van der Waals surface area (Å²) in [6.45, 7) is 11.4. The van der Waals surface area contributed by atoms with Gasteiger partial charge < -0.3 is 25.8 Å². The van der Waals surface area contributed by atoms with E-state index in [4.69, 9.17) is 20.9 Å². The van der Waals surface area contributed by atoms with E-state index in [0.29, 0.717) is 37.0 Å². The number of nitrogens with zero attached hydrogens (tertiary/aromatic N) is 1. The highest BCUT2D eigenvalue weighted by Crippen LogP contribution is 2.36. The van der Waals surface area contributed by atoms with E-state index in [-0.39, 0.29) is 12.2 Å². The van der Waals surface area contributed by atoms with Crippen molar-refractivity contribution in [2.24, 2.45) is 5.73 Å². The van der Waals surface area contributed by atoms with Crippen LogP contribution >= 0.6 is 0 Å². The molecule has 1 aliphatic rings. The standard InChI is InChI=1S/C20H33N3O3/c1-13(2)25-18-11-16(15(12-21)10-17(18)22)14-6-8-23(9-7-14)19(24)26-20(3,4)5/h10-11,13-14H,6-9,12,21-22H2,1-5H3. The van der Waals surface area contributed by atoms with Gasteiger partial charge in [-0.2, -0.15) is 0 Å². The first-order valence-electron chi connectivity index (χ1n) is 9.37. The van der Waals surface area contributed by atoms with Crippen LogP contribution in [0.2, 0.25) is 0 Å². The van der Waals surface area contributed by atoms with Crippen molar-refractivity contribution in [1.29, 1.82) is 0 Å². The SMILES string of the molecule is CC(C)Oc1cc(C2CCN(C(=O)OC(C)(C)C)CC2)c(CN)cc1N. The quantitative estimate of drug-likeness (QED) is 0.797. The summed E-state index contributed by atoms with van der Waals surface area (Å²) in [5, 5.41) is 0. The molecule has 1 heterocycles. The Hall–Kier alpha value is -1.95. The van der Waals surface area contributed by atoms with Gasteiger partial charge in [0, 0.05) is 19.6 Å². The van der Waals surface area contributed by atoms with E-state index >= 15 is 0 Å². The van der Waals surface area contributed by atoms with Gasteiger partial charge in [0.15, 0.2) is 0 Å². The molecule has 1 amide bonds. The third-order valence-corrected chi connectivity index (χ3v) is 4.44. The number of amides is 1. The van der Waals surface area contributed by atoms with E-state index in [1.54, 1.807) is 4.90 Å². The zero-order valence-corrected chi connectivity index (χ0v) is 16.7. The summed E-state index contributed by atoms with van der Waals surface area (Å²) < 4.78 is 11.3. The Morgan fingerprint density at radius 1 is 1.27 bits per heavy atom. The van der Waals surface area contributed by atoms with E-state index < -0.39 is 5.60 Å². The average molecular weight is 364 g/mol. The van der Waals surface area contributed by atoms with Crippen LogP contribution in [0.15, 0.2) is 12.1 Å². The van der Waals surface area contributed by atoms with Crippen molar-refractivity contribution in [2.45, 2.75) is 71.6 Å². The lowest BCUT2D eigenvalue weighted by atomic mass is 9.86. The van der Waals surface area contributed by atoms with Gasteiger partial charge >= 0.3 is 6.09 Å². The Morgan fingerprint density at radius 2 is 1.88 bits per heavy atom. The van der Waals surface area contributed by atoms with Crippen molar-refractivity contribution < 1.29 is 14.3 Å². The van der Waals surface area contributed by atoms with Gasteiger partial charge in [-0.05, 0) is 76.6 Å². The van der Waals surface area contributed by atoms with Gasteiger partial charge in [-0.15, -0.1) is 0 Å². The number of likely N-dealkylation sites (tertiary alicyclic amines) is 1. The Kier molecular flexibility index (Phi) is 6.39. The van der Waals surface area contributed by atoms with Crippen LogP contribution < -0.4 is 16.2 Å². The molecular formula is C20H33N3O3. The van der Waals surface area contributed by atoms with Crippen molar-refractivity contribution in [2.75, 3.05) is 18.8 Å². The van der Waals surface area contributed by atoms with E-state index in [2.05, 4.69) is 0 Å². The summed E-state index contributed by atoms with van der Waals surface area (Å²) in [6, 6.07) is 3.96. The van der Waals surface area contributed by atoms with Crippen molar-refractivity contribution in [3.05, 3.63) is 23.3 Å². The number of carbonyl (C=O) groups is 1. The smallest absolute Gasteiger partial charge is 0.410 e. The minimum atomic E-state index is -0.472. The van der Waals surface area contributed by atoms with Gasteiger partial charge in [0.1, 0.15) is 11.4 Å². The van der Waals surface area contributed by atoms with Crippen molar-refractivity contribution in [3.63, 3.8) is 0 Å². The predicted octanol–water partition coefficient (Wildman–Crippen LogP) is 3.63. The van der Waals surface area contributed by atoms with Crippen molar-refractivity contribution in [3.8, 4) is 5.75 Å². The summed E-state index contributed by atoms with van der Waals surface area (Å²) in [5.74, 6) is 1.05. The minimum Gasteiger partial charge on any atom is -0.489 e. The molecule has 0 spiro atoms. The molecule has 0 radical (unpaired) electrons. The molecular weight excluding hydrogens is 330 g/mol. The number of rotatable bonds is 4. The molecule has 2 rings (SSSR count). The van der Waals surface area contributed by atoms with Crippen LogP contribution in [0.1, 0.15) is 64.5 Å². The summed E-state index contributed by atoms with van der Waals surface area (Å²) >= 11 is 0. The topological polar surface area (TPSA) is 90.8 Å². The maximum Gasteiger partial charge on any atom is 0.410 e. The molecule has 1 saturated heterocycles. The number of piperidine rings is 1. The number of ether oxygens (including phenoxy) is 2. The molecule has 0 unspecified atom stereocenters. The number of hydrogen-bond acceptors (Lipinski definition) is 5. The largest absolute Gasteiger partial charge is 0.489 e. The van der Waals surface area contributed by atoms with E-state index in [1.807, 2.05) is 46.8 Å². The van der Waals surface area contributed by atoms with Gasteiger partial charge in [-0.3, -0.25) is 0 Å². The van der Waals surface area contributed by atoms with Gasteiger partial charge in [0.25, 0.3) is 0 Å². The maximum atomic E-state index is 12.2. The number of anilines is 1. The number of benzene rings is 1. The molecule has 1 aromatic carbocycles. The molecule has 1 aromatic rings. The molecule has 0 atom stereocenters. The number of nitrogen functional groups attached to an aromatic ring is 1. The Bertz CT molecular complexity index is 630. The average Bonchev–Trinajstić information content (AvgIpc) is 2.54. The highest BCUT2D eigenvalue weighted by atomic mass is 16.6. The second kappa shape index (κ2) is 8.16. The molecule has 6 nitrogen and oxygen atoms in total. The van der Waals surface area contributed by atoms with Crippen LogP contribution in [0.5, 0.6) is 5.75 Å². The highest BCUT2D eigenvalue weighted by Gasteiger charge is 2.28. The van der Waals surface area contributed by atoms with Crippen molar-refractivity contribution >= 4 is 11.8 Å². The highest BCUT2D eigenvalue weighted by molar-refractivity contribution is 5.68. The van der Waals surface area contributed by atoms with Crippen LogP contribution in [0.25, 0.3) is 0 Å². The van der Waals surface area contributed by atoms with E-state index in [9.17, 15) is 4.79 Å². The lowest BCUT2D eigenvalue weighted by Gasteiger charge is -2.34. The first-order chi connectivity index (χ1) is 12.1. The molecule has 0 bridgehead atoms. The fourth-order valence-corrected chi connectivity index (χ4v) is 3.27. The van der Waals surface area contributed by atoms with Crippen LogP contribution in [0.3, 0.4) is 0 Å². The van der Waals surface area contributed by atoms with Crippen LogP contribution in [-0.4, -0.2) is 35.8 Å². The zero-order chi connectivity index (χ0) is 19.5. The monoisotopic (exact) mass is 363 g/mol. The molecule has 1 aliphatic heterocycles. The molecule has 0 saturated carbocycles. The molecule has 26 heavy (non-hydrogen) atoms. The number of hydrogen-bond donors (Lipinski definition) is 2. The van der Waals surface area contributed by atoms with Gasteiger partial charge in [-0.25, -0.2) is 4.79 Å². The van der Waals surface area contributed by atoms with E-state index in [1.165, 1.54) is 5.56 Å². The lowest BCUT2D eigenvalue weighted by Crippen LogP contribution is -2.41. The second-order valence-electron chi connectivity index (χ2n) is 8.20. The van der Waals surface area contributed by atoms with Gasteiger partial charge in [0.05, 0.1) is 11.8 Å². The van der Waals surface area contributed by atoms with E-state index in [0.717, 1.165) is 18.4 Å². The third kappa shape index (κ3) is 5.27. The summed E-state index contributed by atoms with van der Waals surface area (Å²) in [4.78, 5) is 14.0. The zero-order valence-electron chi connectivity index (χ0n) is 16.7. The molecule has 0 aromatic heterocycles. The Labute approximate surface area is 156 Å². The lowest BCUT2D eigenvalue weighted by molar-refractivity contribution is 0.0204. The fraction of sp³-hybridized carbons (Fsp3) is 0.650. The second-order valence-corrected chi connectivity index (χ2v) is 8.20. The predicted molar refractivity (Wildman–Crippen MR) is 104 cm³/mol. The molecule has 146 valence electrons. The number of carbonyl (C=O) groups excluding carboxylic acids is 1. The normalized spacial score (nSPS) is 16.0. The summed E-state index contributed by atoms with van der Waals surface area (Å²) in [7, 11) is 0. The van der Waals surface area contributed by atoms with Crippen LogP contribution in [0, 0.1) is 0 Å². The maximum absolute atomic E-state index is 12.2.